The van der Waals surface area contributed by atoms with Crippen LogP contribution < -0.4 is 10.6 Å². The van der Waals surface area contributed by atoms with Gasteiger partial charge in [0.1, 0.15) is 0 Å². The Morgan fingerprint density at radius 3 is 2.14 bits per heavy atom. The second-order valence-electron chi connectivity index (χ2n) is 7.58. The fourth-order valence-electron chi connectivity index (χ4n) is 3.23. The molecule has 5 nitrogen and oxygen atoms in total. The Labute approximate surface area is 168 Å². The van der Waals surface area contributed by atoms with Gasteiger partial charge in [0.25, 0.3) is 0 Å². The number of anilines is 1. The number of hydrogen-bond donors (Lipinski definition) is 2. The summed E-state index contributed by atoms with van der Waals surface area (Å²) in [5.41, 5.74) is 3.98. The standard InChI is InChI=1S/C23H31N3O2/c1-16(2)22(19-12-7-6-8-13-19)24-14-21(28)26(5)15-20(27)25-23-17(3)10-9-11-18(23)4/h6-13,16,22,24H,14-15H2,1-5H3,(H,25,27)/t22-/m0/s1. The smallest absolute Gasteiger partial charge is 0.243 e. The van der Waals surface area contributed by atoms with Crippen LogP contribution >= 0.6 is 0 Å². The third kappa shape index (κ3) is 5.92. The number of nitrogens with zero attached hydrogens (tertiary/aromatic N) is 1. The van der Waals surface area contributed by atoms with Crippen molar-refractivity contribution in [3.8, 4) is 0 Å². The number of nitrogens with one attached hydrogen (secondary N) is 2. The van der Waals surface area contributed by atoms with Gasteiger partial charge in [-0.2, -0.15) is 0 Å². The summed E-state index contributed by atoms with van der Waals surface area (Å²) < 4.78 is 0. The van der Waals surface area contributed by atoms with Crippen molar-refractivity contribution < 1.29 is 9.59 Å². The van der Waals surface area contributed by atoms with Gasteiger partial charge in [0, 0.05) is 18.8 Å². The van der Waals surface area contributed by atoms with Crippen LogP contribution in [0, 0.1) is 19.8 Å². The van der Waals surface area contributed by atoms with Crippen LogP contribution in [-0.4, -0.2) is 36.9 Å². The number of carbonyl (C=O) groups excluding carboxylic acids is 2. The molecule has 2 amide bonds. The highest BCUT2D eigenvalue weighted by Crippen LogP contribution is 2.21. The Kier molecular flexibility index (Phi) is 7.76. The predicted molar refractivity (Wildman–Crippen MR) is 114 cm³/mol. The van der Waals surface area contributed by atoms with Crippen LogP contribution in [0.25, 0.3) is 0 Å². The third-order valence-electron chi connectivity index (χ3n) is 4.85. The first kappa shape index (κ1) is 21.6. The van der Waals surface area contributed by atoms with E-state index in [1.807, 2.05) is 50.2 Å². The second-order valence-corrected chi connectivity index (χ2v) is 7.58. The van der Waals surface area contributed by atoms with Crippen molar-refractivity contribution in [2.24, 2.45) is 5.92 Å². The first-order chi connectivity index (χ1) is 13.3. The van der Waals surface area contributed by atoms with Crippen molar-refractivity contribution in [3.05, 3.63) is 65.2 Å². The molecule has 150 valence electrons. The van der Waals surface area contributed by atoms with Gasteiger partial charge in [-0.15, -0.1) is 0 Å². The Morgan fingerprint density at radius 1 is 0.964 bits per heavy atom. The molecule has 1 atom stereocenters. The van der Waals surface area contributed by atoms with Gasteiger partial charge in [-0.1, -0.05) is 62.4 Å². The molecule has 2 N–H and O–H groups in total. The molecule has 5 heteroatoms. The van der Waals surface area contributed by atoms with Crippen molar-refractivity contribution in [1.82, 2.24) is 10.2 Å². The van der Waals surface area contributed by atoms with Crippen LogP contribution in [0.1, 0.15) is 36.6 Å². The fourth-order valence-corrected chi connectivity index (χ4v) is 3.23. The van der Waals surface area contributed by atoms with E-state index >= 15 is 0 Å². The molecule has 28 heavy (non-hydrogen) atoms. The van der Waals surface area contributed by atoms with Crippen LogP contribution in [0.5, 0.6) is 0 Å². The van der Waals surface area contributed by atoms with Crippen molar-refractivity contribution in [3.63, 3.8) is 0 Å². The number of amides is 2. The van der Waals surface area contributed by atoms with Crippen LogP contribution in [0.15, 0.2) is 48.5 Å². The lowest BCUT2D eigenvalue weighted by Crippen LogP contribution is -2.41. The minimum absolute atomic E-state index is 0.0198. The Morgan fingerprint density at radius 2 is 1.57 bits per heavy atom. The molecule has 0 saturated carbocycles. The van der Waals surface area contributed by atoms with E-state index in [0.717, 1.165) is 22.4 Å². The highest BCUT2D eigenvalue weighted by molar-refractivity contribution is 5.95. The zero-order chi connectivity index (χ0) is 20.7. The molecule has 0 unspecified atom stereocenters. The first-order valence-electron chi connectivity index (χ1n) is 9.68. The van der Waals surface area contributed by atoms with Crippen LogP contribution in [0.3, 0.4) is 0 Å². The van der Waals surface area contributed by atoms with Gasteiger partial charge in [0.05, 0.1) is 13.1 Å². The lowest BCUT2D eigenvalue weighted by atomic mass is 9.96. The summed E-state index contributed by atoms with van der Waals surface area (Å²) in [4.78, 5) is 26.3. The maximum atomic E-state index is 12.5. The van der Waals surface area contributed by atoms with E-state index in [1.165, 1.54) is 4.90 Å². The van der Waals surface area contributed by atoms with Crippen LogP contribution in [0.2, 0.25) is 0 Å². The monoisotopic (exact) mass is 381 g/mol. The van der Waals surface area contributed by atoms with Crippen molar-refractivity contribution >= 4 is 17.5 Å². The molecule has 0 spiro atoms. The van der Waals surface area contributed by atoms with Gasteiger partial charge in [-0.3, -0.25) is 9.59 Å². The average Bonchev–Trinajstić information content (AvgIpc) is 2.65. The molecular weight excluding hydrogens is 350 g/mol. The van der Waals surface area contributed by atoms with Gasteiger partial charge in [-0.05, 0) is 36.5 Å². The molecule has 0 saturated heterocycles. The number of aryl methyl sites for hydroxylation is 2. The zero-order valence-corrected chi connectivity index (χ0v) is 17.5. The van der Waals surface area contributed by atoms with E-state index in [1.54, 1.807) is 7.05 Å². The van der Waals surface area contributed by atoms with Gasteiger partial charge >= 0.3 is 0 Å². The van der Waals surface area contributed by atoms with E-state index in [0.29, 0.717) is 5.92 Å². The summed E-state index contributed by atoms with van der Waals surface area (Å²) in [5.74, 6) is 0.0304. The molecular formula is C23H31N3O2. The molecule has 2 aromatic rings. The molecule has 0 radical (unpaired) electrons. The molecule has 0 aliphatic heterocycles. The molecule has 0 heterocycles. The van der Waals surface area contributed by atoms with Gasteiger partial charge in [-0.25, -0.2) is 0 Å². The number of likely N-dealkylation sites (N-methyl/N-ethyl adjacent to an activating group) is 1. The molecule has 0 aromatic heterocycles. The summed E-state index contributed by atoms with van der Waals surface area (Å²) in [7, 11) is 1.65. The molecule has 2 rings (SSSR count). The van der Waals surface area contributed by atoms with E-state index in [-0.39, 0.29) is 30.9 Å². The minimum atomic E-state index is -0.197. The van der Waals surface area contributed by atoms with E-state index < -0.39 is 0 Å². The van der Waals surface area contributed by atoms with Gasteiger partial charge in [0.2, 0.25) is 11.8 Å². The molecule has 0 fully saturated rings. The van der Waals surface area contributed by atoms with E-state index in [9.17, 15) is 9.59 Å². The minimum Gasteiger partial charge on any atom is -0.335 e. The maximum absolute atomic E-state index is 12.5. The predicted octanol–water partition coefficient (Wildman–Crippen LogP) is 3.69. The van der Waals surface area contributed by atoms with Crippen molar-refractivity contribution in [2.45, 2.75) is 33.7 Å². The summed E-state index contributed by atoms with van der Waals surface area (Å²) >= 11 is 0. The zero-order valence-electron chi connectivity index (χ0n) is 17.5. The fraction of sp³-hybridized carbons (Fsp3) is 0.391. The largest absolute Gasteiger partial charge is 0.335 e. The number of para-hydroxylation sites is 1. The highest BCUT2D eigenvalue weighted by Gasteiger charge is 2.19. The van der Waals surface area contributed by atoms with Gasteiger partial charge < -0.3 is 15.5 Å². The van der Waals surface area contributed by atoms with E-state index in [2.05, 4.69) is 36.6 Å². The molecule has 2 aromatic carbocycles. The third-order valence-corrected chi connectivity index (χ3v) is 4.85. The highest BCUT2D eigenvalue weighted by atomic mass is 16.2. The van der Waals surface area contributed by atoms with Crippen molar-refractivity contribution in [1.29, 1.82) is 0 Å². The number of benzene rings is 2. The second kappa shape index (κ2) is 10.0. The summed E-state index contributed by atoms with van der Waals surface area (Å²) in [6.07, 6.45) is 0. The maximum Gasteiger partial charge on any atom is 0.243 e. The average molecular weight is 382 g/mol. The lowest BCUT2D eigenvalue weighted by Gasteiger charge is -2.24. The Hall–Kier alpha value is -2.66. The number of rotatable bonds is 8. The van der Waals surface area contributed by atoms with Crippen molar-refractivity contribution in [2.75, 3.05) is 25.5 Å². The van der Waals surface area contributed by atoms with E-state index in [4.69, 9.17) is 0 Å². The summed E-state index contributed by atoms with van der Waals surface area (Å²) in [5, 5.41) is 6.25. The SMILES string of the molecule is Cc1cccc(C)c1NC(=O)CN(C)C(=O)CN[C@H](c1ccccc1)C(C)C. The van der Waals surface area contributed by atoms with Gasteiger partial charge in [0.15, 0.2) is 0 Å². The molecule has 0 bridgehead atoms. The Balaban J connectivity index is 1.90. The molecule has 0 aliphatic rings. The Bertz CT molecular complexity index is 782. The number of hydrogen-bond acceptors (Lipinski definition) is 3. The summed E-state index contributed by atoms with van der Waals surface area (Å²) in [6.45, 7) is 8.36. The topological polar surface area (TPSA) is 61.4 Å². The number of carbonyl (C=O) groups is 2. The normalized spacial score (nSPS) is 11.9. The molecule has 0 aliphatic carbocycles. The quantitative estimate of drug-likeness (QED) is 0.733. The van der Waals surface area contributed by atoms with Crippen LogP contribution in [-0.2, 0) is 9.59 Å². The first-order valence-corrected chi connectivity index (χ1v) is 9.68. The van der Waals surface area contributed by atoms with Crippen LogP contribution in [0.4, 0.5) is 5.69 Å². The summed E-state index contributed by atoms with van der Waals surface area (Å²) in [6, 6.07) is 16.0. The lowest BCUT2D eigenvalue weighted by molar-refractivity contribution is -0.132.